The van der Waals surface area contributed by atoms with Gasteiger partial charge in [0.05, 0.1) is 6.04 Å². The van der Waals surface area contributed by atoms with Crippen LogP contribution in [0.2, 0.25) is 0 Å². The fraction of sp³-hybridized carbons (Fsp3) is 0.312. The van der Waals surface area contributed by atoms with Crippen LogP contribution in [-0.4, -0.2) is 24.3 Å². The van der Waals surface area contributed by atoms with Crippen molar-refractivity contribution in [1.29, 1.82) is 0 Å². The number of nitrogens with one attached hydrogen (secondary N) is 1. The lowest BCUT2D eigenvalue weighted by atomic mass is 10.0. The molecular weight excluding hydrogens is 328 g/mol. The zero-order chi connectivity index (χ0) is 17.7. The molecule has 2 heterocycles. The first-order valence-corrected chi connectivity index (χ1v) is 9.07. The first-order valence-electron chi connectivity index (χ1n) is 7.53. The molecule has 0 saturated heterocycles. The Labute approximate surface area is 141 Å². The molecule has 0 radical (unpaired) electrons. The van der Waals surface area contributed by atoms with Gasteiger partial charge in [-0.05, 0) is 37.1 Å². The van der Waals surface area contributed by atoms with Gasteiger partial charge in [0, 0.05) is 29.7 Å². The van der Waals surface area contributed by atoms with Crippen molar-refractivity contribution in [3.05, 3.63) is 53.5 Å². The zero-order valence-electron chi connectivity index (χ0n) is 13.6. The maximum atomic E-state index is 12.4. The molecule has 0 aliphatic rings. The molecule has 2 aromatic heterocycles. The molecule has 128 valence electrons. The Morgan fingerprint density at radius 3 is 2.58 bits per heavy atom. The minimum atomic E-state index is -3.99. The van der Waals surface area contributed by atoms with Gasteiger partial charge >= 0.3 is 0 Å². The molecule has 24 heavy (non-hydrogen) atoms. The van der Waals surface area contributed by atoms with Gasteiger partial charge in [-0.25, -0.2) is 18.5 Å². The monoisotopic (exact) mass is 348 g/mol. The van der Waals surface area contributed by atoms with Crippen LogP contribution in [0.4, 0.5) is 0 Å². The molecule has 8 heteroatoms. The fourth-order valence-corrected chi connectivity index (χ4v) is 3.13. The van der Waals surface area contributed by atoms with E-state index < -0.39 is 16.1 Å². The maximum Gasteiger partial charge on any atom is 0.255 e. The Morgan fingerprint density at radius 1 is 1.33 bits per heavy atom. The second-order valence-corrected chi connectivity index (χ2v) is 6.98. The predicted octanol–water partition coefficient (Wildman–Crippen LogP) is 1.70. The Kier molecular flexibility index (Phi) is 5.63. The van der Waals surface area contributed by atoms with Crippen molar-refractivity contribution in [1.82, 2.24) is 15.3 Å². The van der Waals surface area contributed by atoms with E-state index in [4.69, 9.17) is 5.14 Å². The summed E-state index contributed by atoms with van der Waals surface area (Å²) >= 11 is 0. The van der Waals surface area contributed by atoms with E-state index >= 15 is 0 Å². The largest absolute Gasteiger partial charge is 0.345 e. The minimum Gasteiger partial charge on any atom is -0.345 e. The van der Waals surface area contributed by atoms with Crippen LogP contribution < -0.4 is 10.5 Å². The third kappa shape index (κ3) is 4.36. The molecule has 1 amide bonds. The molecule has 2 rings (SSSR count). The molecule has 0 spiro atoms. The summed E-state index contributed by atoms with van der Waals surface area (Å²) in [5.41, 5.74) is 1.64. The highest BCUT2D eigenvalue weighted by molar-refractivity contribution is 7.89. The summed E-state index contributed by atoms with van der Waals surface area (Å²) < 4.78 is 23.6. The van der Waals surface area contributed by atoms with E-state index in [1.165, 1.54) is 18.6 Å². The molecule has 2 aromatic rings. The van der Waals surface area contributed by atoms with Gasteiger partial charge in [-0.1, -0.05) is 13.3 Å². The van der Waals surface area contributed by atoms with Crippen molar-refractivity contribution < 1.29 is 13.2 Å². The van der Waals surface area contributed by atoms with Crippen molar-refractivity contribution in [2.24, 2.45) is 5.14 Å². The molecule has 3 N–H and O–H groups in total. The van der Waals surface area contributed by atoms with E-state index in [0.29, 0.717) is 17.5 Å². The SMILES string of the molecule is CCC[C@H](NC(=O)c1ccncc1)c1cc(C)cnc1S(N)(=O)=O. The van der Waals surface area contributed by atoms with Gasteiger partial charge < -0.3 is 5.32 Å². The molecular formula is C16H20N4O3S. The Hall–Kier alpha value is -2.32. The van der Waals surface area contributed by atoms with E-state index in [0.717, 1.165) is 12.0 Å². The smallest absolute Gasteiger partial charge is 0.255 e. The fourth-order valence-electron chi connectivity index (χ4n) is 2.41. The number of aryl methyl sites for hydroxylation is 1. The number of hydrogen-bond donors (Lipinski definition) is 2. The van der Waals surface area contributed by atoms with Crippen molar-refractivity contribution >= 4 is 15.9 Å². The Balaban J connectivity index is 2.41. The van der Waals surface area contributed by atoms with Gasteiger partial charge in [-0.15, -0.1) is 0 Å². The molecule has 0 aliphatic heterocycles. The average molecular weight is 348 g/mol. The summed E-state index contributed by atoms with van der Waals surface area (Å²) in [7, 11) is -3.99. The first kappa shape index (κ1) is 18.0. The number of carbonyl (C=O) groups is 1. The second kappa shape index (κ2) is 7.50. The standard InChI is InChI=1S/C16H20N4O3S/c1-3-4-14(20-15(21)12-5-7-18-8-6-12)13-9-11(2)10-19-16(13)24(17,22)23/h5-10,14H,3-4H2,1-2H3,(H,20,21)(H2,17,22,23)/t14-/m0/s1. The topological polar surface area (TPSA) is 115 Å². The van der Waals surface area contributed by atoms with E-state index in [9.17, 15) is 13.2 Å². The van der Waals surface area contributed by atoms with Gasteiger partial charge in [0.25, 0.3) is 15.9 Å². The summed E-state index contributed by atoms with van der Waals surface area (Å²) in [4.78, 5) is 20.2. The molecule has 0 fully saturated rings. The van der Waals surface area contributed by atoms with E-state index in [1.807, 2.05) is 6.92 Å². The normalized spacial score (nSPS) is 12.6. The number of carbonyl (C=O) groups excluding carboxylic acids is 1. The molecule has 7 nitrogen and oxygen atoms in total. The van der Waals surface area contributed by atoms with Crippen LogP contribution in [0.25, 0.3) is 0 Å². The summed E-state index contributed by atoms with van der Waals surface area (Å²) in [6.45, 7) is 3.75. The summed E-state index contributed by atoms with van der Waals surface area (Å²) in [6.07, 6.45) is 5.79. The van der Waals surface area contributed by atoms with Gasteiger partial charge in [-0.2, -0.15) is 0 Å². The Morgan fingerprint density at radius 2 is 2.00 bits per heavy atom. The second-order valence-electron chi connectivity index (χ2n) is 5.50. The van der Waals surface area contributed by atoms with Crippen molar-refractivity contribution in [2.75, 3.05) is 0 Å². The number of rotatable bonds is 6. The number of nitrogens with two attached hydrogens (primary N) is 1. The van der Waals surface area contributed by atoms with Crippen LogP contribution >= 0.6 is 0 Å². The number of primary sulfonamides is 1. The van der Waals surface area contributed by atoms with Crippen LogP contribution in [0.5, 0.6) is 0 Å². The molecule has 0 aliphatic carbocycles. The highest BCUT2D eigenvalue weighted by Crippen LogP contribution is 2.25. The predicted molar refractivity (Wildman–Crippen MR) is 89.7 cm³/mol. The summed E-state index contributed by atoms with van der Waals surface area (Å²) in [5.74, 6) is -0.308. The van der Waals surface area contributed by atoms with E-state index in [-0.39, 0.29) is 10.9 Å². The maximum absolute atomic E-state index is 12.4. The number of nitrogens with zero attached hydrogens (tertiary/aromatic N) is 2. The van der Waals surface area contributed by atoms with Crippen LogP contribution in [0.1, 0.15) is 47.3 Å². The average Bonchev–Trinajstić information content (AvgIpc) is 2.54. The highest BCUT2D eigenvalue weighted by Gasteiger charge is 2.24. The molecule has 0 aromatic carbocycles. The van der Waals surface area contributed by atoms with Gasteiger partial charge in [0.1, 0.15) is 0 Å². The van der Waals surface area contributed by atoms with E-state index in [1.54, 1.807) is 25.1 Å². The molecule has 0 saturated carbocycles. The molecule has 1 atom stereocenters. The number of sulfonamides is 1. The van der Waals surface area contributed by atoms with Crippen LogP contribution in [0.3, 0.4) is 0 Å². The van der Waals surface area contributed by atoms with Crippen LogP contribution in [0, 0.1) is 6.92 Å². The number of pyridine rings is 2. The van der Waals surface area contributed by atoms with E-state index in [2.05, 4.69) is 15.3 Å². The Bertz CT molecular complexity index is 822. The lowest BCUT2D eigenvalue weighted by molar-refractivity contribution is 0.0933. The van der Waals surface area contributed by atoms with Gasteiger partial charge in [-0.3, -0.25) is 9.78 Å². The van der Waals surface area contributed by atoms with Crippen molar-refractivity contribution in [2.45, 2.75) is 37.8 Å². The number of amides is 1. The quantitative estimate of drug-likeness (QED) is 0.824. The molecule has 0 unspecified atom stereocenters. The van der Waals surface area contributed by atoms with Crippen molar-refractivity contribution in [3.63, 3.8) is 0 Å². The highest BCUT2D eigenvalue weighted by atomic mass is 32.2. The first-order chi connectivity index (χ1) is 11.3. The summed E-state index contributed by atoms with van der Waals surface area (Å²) in [6, 6.07) is 4.37. The van der Waals surface area contributed by atoms with Gasteiger partial charge in [0.15, 0.2) is 5.03 Å². The summed E-state index contributed by atoms with van der Waals surface area (Å²) in [5, 5.41) is 7.93. The number of aromatic nitrogens is 2. The number of hydrogen-bond acceptors (Lipinski definition) is 5. The van der Waals surface area contributed by atoms with Gasteiger partial charge in [0.2, 0.25) is 0 Å². The molecule has 0 bridgehead atoms. The third-order valence-corrected chi connectivity index (χ3v) is 4.37. The van der Waals surface area contributed by atoms with Crippen LogP contribution in [0.15, 0.2) is 41.8 Å². The van der Waals surface area contributed by atoms with Crippen molar-refractivity contribution in [3.8, 4) is 0 Å². The van der Waals surface area contributed by atoms with Crippen LogP contribution in [-0.2, 0) is 10.0 Å². The minimum absolute atomic E-state index is 0.207. The lowest BCUT2D eigenvalue weighted by Gasteiger charge is -2.21. The third-order valence-electron chi connectivity index (χ3n) is 3.49. The zero-order valence-corrected chi connectivity index (χ0v) is 14.4. The lowest BCUT2D eigenvalue weighted by Crippen LogP contribution is -2.30.